The highest BCUT2D eigenvalue weighted by molar-refractivity contribution is 5.48. The standard InChI is InChI=1S/C10H20O5.C8H17N3O4.C8H18O5.C2H6O/c11-3-1-2-5-13-7-9-15-10-8-14-6-4-12;9-11-10-1-3-13-5-7-15-8-6-14-4-2-12;9-1-3-11-5-7-13-8-6-12-4-2-10;1-3-2/h3,12H,1-2,4-10H2;12H,1-8H2;9-10H,1-8H2;1-2H3. The summed E-state index contributed by atoms with van der Waals surface area (Å²) in [6, 6.07) is 0. The minimum atomic E-state index is 0.0303. The number of unbranched alkanes of at least 4 members (excludes halogenated alkanes) is 1. The number of carbonyl (C=O) groups excluding carboxylic acids is 1. The molecule has 0 spiro atoms. The second-order valence-corrected chi connectivity index (χ2v) is 8.08. The average Bonchev–Trinajstić information content (AvgIpc) is 3.06. The molecule has 46 heavy (non-hydrogen) atoms. The highest BCUT2D eigenvalue weighted by Crippen LogP contribution is 1.87. The molecule has 0 aliphatic rings. The van der Waals surface area contributed by atoms with Gasteiger partial charge in [0.1, 0.15) is 6.29 Å². The number of hydrogen-bond acceptors (Lipinski definition) is 16. The van der Waals surface area contributed by atoms with Crippen molar-refractivity contribution >= 4 is 6.29 Å². The van der Waals surface area contributed by atoms with Gasteiger partial charge in [0.25, 0.3) is 0 Å². The molecule has 0 saturated carbocycles. The fourth-order valence-corrected chi connectivity index (χ4v) is 2.30. The summed E-state index contributed by atoms with van der Waals surface area (Å²) in [6.45, 7) is 8.87. The van der Waals surface area contributed by atoms with Crippen LogP contribution < -0.4 is 0 Å². The maximum absolute atomic E-state index is 9.95. The van der Waals surface area contributed by atoms with E-state index in [1.807, 2.05) is 0 Å². The van der Waals surface area contributed by atoms with Gasteiger partial charge in [0, 0.05) is 38.7 Å². The zero-order valence-corrected chi connectivity index (χ0v) is 27.9. The molecular formula is C28H61N3O15. The van der Waals surface area contributed by atoms with E-state index in [1.165, 1.54) is 0 Å². The van der Waals surface area contributed by atoms with Gasteiger partial charge in [-0.05, 0) is 12.0 Å². The monoisotopic (exact) mass is 679 g/mol. The highest BCUT2D eigenvalue weighted by atomic mass is 16.6. The van der Waals surface area contributed by atoms with E-state index in [9.17, 15) is 4.79 Å². The Morgan fingerprint density at radius 2 is 0.761 bits per heavy atom. The van der Waals surface area contributed by atoms with E-state index in [4.69, 9.17) is 68.6 Å². The van der Waals surface area contributed by atoms with E-state index >= 15 is 0 Å². The van der Waals surface area contributed by atoms with Crippen LogP contribution in [0.25, 0.3) is 10.4 Å². The van der Waals surface area contributed by atoms with Crippen LogP contribution >= 0.6 is 0 Å². The Balaban J connectivity index is -0.000000276. The number of aldehydes is 1. The second kappa shape index (κ2) is 58.9. The minimum Gasteiger partial charge on any atom is -0.394 e. The molecule has 0 saturated heterocycles. The van der Waals surface area contributed by atoms with Crippen molar-refractivity contribution in [1.82, 2.24) is 0 Å². The maximum Gasteiger partial charge on any atom is 0.120 e. The molecule has 278 valence electrons. The van der Waals surface area contributed by atoms with Gasteiger partial charge in [-0.15, -0.1) is 0 Å². The number of nitrogens with zero attached hydrogens (tertiary/aromatic N) is 3. The number of carbonyl (C=O) groups is 1. The molecule has 18 nitrogen and oxygen atoms in total. The summed E-state index contributed by atoms with van der Waals surface area (Å²) in [4.78, 5) is 12.5. The van der Waals surface area contributed by atoms with Crippen LogP contribution in [0.3, 0.4) is 0 Å². The molecule has 0 unspecified atom stereocenters. The van der Waals surface area contributed by atoms with E-state index in [0.717, 1.165) is 12.7 Å². The molecule has 0 aromatic heterocycles. The summed E-state index contributed by atoms with van der Waals surface area (Å²) < 4.78 is 49.9. The third-order valence-electron chi connectivity index (χ3n) is 4.18. The van der Waals surface area contributed by atoms with Crippen molar-refractivity contribution in [3.8, 4) is 0 Å². The number of aliphatic hydroxyl groups excluding tert-OH is 4. The first-order valence-electron chi connectivity index (χ1n) is 15.1. The lowest BCUT2D eigenvalue weighted by molar-refractivity contribution is -0.108. The van der Waals surface area contributed by atoms with Crippen LogP contribution in [0.5, 0.6) is 0 Å². The van der Waals surface area contributed by atoms with E-state index in [0.29, 0.717) is 132 Å². The number of methoxy groups -OCH3 is 1. The molecule has 4 N–H and O–H groups in total. The van der Waals surface area contributed by atoms with Gasteiger partial charge in [0.2, 0.25) is 0 Å². The smallest absolute Gasteiger partial charge is 0.120 e. The lowest BCUT2D eigenvalue weighted by Gasteiger charge is -2.05. The fourth-order valence-electron chi connectivity index (χ4n) is 2.30. The third-order valence-corrected chi connectivity index (χ3v) is 4.18. The summed E-state index contributed by atoms with van der Waals surface area (Å²) in [7, 11) is 3.25. The molecule has 0 aromatic carbocycles. The van der Waals surface area contributed by atoms with Crippen molar-refractivity contribution in [2.24, 2.45) is 5.11 Å². The Hall–Kier alpha value is -1.58. The Morgan fingerprint density at radius 1 is 0.500 bits per heavy atom. The Bertz CT molecular complexity index is 542. The summed E-state index contributed by atoms with van der Waals surface area (Å²) in [5.41, 5.74) is 7.96. The number of rotatable bonds is 33. The first-order chi connectivity index (χ1) is 22.7. The molecule has 0 radical (unpaired) electrons. The maximum atomic E-state index is 9.95. The predicted octanol–water partition coefficient (Wildman–Crippen LogP) is -0.370. The van der Waals surface area contributed by atoms with Crippen molar-refractivity contribution in [2.75, 3.05) is 166 Å². The lowest BCUT2D eigenvalue weighted by Crippen LogP contribution is -2.11. The Labute approximate surface area is 273 Å². The highest BCUT2D eigenvalue weighted by Gasteiger charge is 1.93. The molecular weight excluding hydrogens is 618 g/mol. The topological polar surface area (TPSA) is 239 Å². The molecule has 0 heterocycles. The van der Waals surface area contributed by atoms with E-state index < -0.39 is 0 Å². The Morgan fingerprint density at radius 3 is 1.02 bits per heavy atom. The largest absolute Gasteiger partial charge is 0.394 e. The van der Waals surface area contributed by atoms with Crippen LogP contribution in [0.15, 0.2) is 5.11 Å². The summed E-state index contributed by atoms with van der Waals surface area (Å²) in [5.74, 6) is 0. The summed E-state index contributed by atoms with van der Waals surface area (Å²) in [5, 5.41) is 36.8. The number of hydrogen-bond donors (Lipinski definition) is 4. The van der Waals surface area contributed by atoms with Gasteiger partial charge < -0.3 is 72.6 Å². The van der Waals surface area contributed by atoms with E-state index in [2.05, 4.69) is 14.8 Å². The van der Waals surface area contributed by atoms with Crippen LogP contribution in [-0.2, 0) is 52.2 Å². The third kappa shape index (κ3) is 69.2. The van der Waals surface area contributed by atoms with Gasteiger partial charge in [-0.1, -0.05) is 5.11 Å². The quantitative estimate of drug-likeness (QED) is 0.0227. The second-order valence-electron chi connectivity index (χ2n) is 8.08. The molecule has 0 aliphatic carbocycles. The van der Waals surface area contributed by atoms with Gasteiger partial charge in [-0.2, -0.15) is 0 Å². The van der Waals surface area contributed by atoms with Crippen LogP contribution in [0.1, 0.15) is 12.8 Å². The van der Waals surface area contributed by atoms with Crippen molar-refractivity contribution in [3.05, 3.63) is 10.4 Å². The normalized spacial score (nSPS) is 10.0. The van der Waals surface area contributed by atoms with Crippen molar-refractivity contribution < 1.29 is 72.6 Å². The molecule has 0 amide bonds. The molecule has 0 bridgehead atoms. The van der Waals surface area contributed by atoms with Crippen LogP contribution in [0, 0.1) is 0 Å². The fraction of sp³-hybridized carbons (Fsp3) is 0.964. The van der Waals surface area contributed by atoms with E-state index in [1.54, 1.807) is 14.2 Å². The zero-order valence-electron chi connectivity index (χ0n) is 27.9. The predicted molar refractivity (Wildman–Crippen MR) is 168 cm³/mol. The average molecular weight is 680 g/mol. The minimum absolute atomic E-state index is 0.0303. The number of azide groups is 1. The molecule has 0 aromatic rings. The van der Waals surface area contributed by atoms with Crippen molar-refractivity contribution in [1.29, 1.82) is 0 Å². The van der Waals surface area contributed by atoms with Gasteiger partial charge in [-0.3, -0.25) is 0 Å². The molecule has 0 aliphatic heterocycles. The molecule has 0 atom stereocenters. The SMILES string of the molecule is COC.O=CCCCOCCOCCOCCO.OCCOCCOCCOCCO.[N-]=[N+]=NCCOCCOCCOCCO. The van der Waals surface area contributed by atoms with Gasteiger partial charge in [0.05, 0.1) is 139 Å². The van der Waals surface area contributed by atoms with Crippen LogP contribution in [-0.4, -0.2) is 193 Å². The van der Waals surface area contributed by atoms with Crippen molar-refractivity contribution in [2.45, 2.75) is 12.8 Å². The van der Waals surface area contributed by atoms with Crippen LogP contribution in [0.2, 0.25) is 0 Å². The molecule has 18 heteroatoms. The molecule has 0 fully saturated rings. The van der Waals surface area contributed by atoms with E-state index in [-0.39, 0.29) is 26.4 Å². The van der Waals surface area contributed by atoms with Gasteiger partial charge >= 0.3 is 0 Å². The molecule has 0 rings (SSSR count). The Kier molecular flexibility index (Phi) is 65.6. The summed E-state index contributed by atoms with van der Waals surface area (Å²) >= 11 is 0. The summed E-state index contributed by atoms with van der Waals surface area (Å²) in [6.07, 6.45) is 2.21. The number of ether oxygens (including phenoxy) is 10. The number of aliphatic hydroxyl groups is 4. The van der Waals surface area contributed by atoms with Crippen molar-refractivity contribution in [3.63, 3.8) is 0 Å². The first kappa shape index (κ1) is 51.3. The zero-order chi connectivity index (χ0) is 34.9. The lowest BCUT2D eigenvalue weighted by atomic mass is 10.3. The van der Waals surface area contributed by atoms with Crippen LogP contribution in [0.4, 0.5) is 0 Å². The first-order valence-corrected chi connectivity index (χ1v) is 15.1. The van der Waals surface area contributed by atoms with Gasteiger partial charge in [-0.25, -0.2) is 0 Å². The van der Waals surface area contributed by atoms with Gasteiger partial charge in [0.15, 0.2) is 0 Å².